The number of nitrogens with one attached hydrogen (secondary N) is 2. The second-order valence-corrected chi connectivity index (χ2v) is 4.68. The predicted octanol–water partition coefficient (Wildman–Crippen LogP) is -1.05. The second-order valence-electron chi connectivity index (χ2n) is 4.68. The van der Waals surface area contributed by atoms with Crippen molar-refractivity contribution in [2.24, 2.45) is 5.73 Å². The smallest absolute Gasteiger partial charge is 0.326 e. The van der Waals surface area contributed by atoms with Gasteiger partial charge in [0.15, 0.2) is 0 Å². The van der Waals surface area contributed by atoms with Crippen molar-refractivity contribution in [3.8, 4) is 0 Å². The standard InChI is InChI=1S/C11H22N4O4/c1-7(6-15(2)3)13-11(19)14-8(10(17)18)4-5-9(12)16/h7-8H,4-6H2,1-3H3,(H2,12,16)(H,17,18)(H2,13,14,19)/t7?,8-/m1/s1. The summed E-state index contributed by atoms with van der Waals surface area (Å²) in [6.07, 6.45) is -0.120. The molecule has 0 aromatic heterocycles. The lowest BCUT2D eigenvalue weighted by atomic mass is 10.1. The molecule has 1 unspecified atom stereocenters. The third-order valence-corrected chi connectivity index (χ3v) is 2.30. The van der Waals surface area contributed by atoms with E-state index in [0.29, 0.717) is 6.54 Å². The third-order valence-electron chi connectivity index (χ3n) is 2.30. The van der Waals surface area contributed by atoms with Gasteiger partial charge in [0.05, 0.1) is 0 Å². The van der Waals surface area contributed by atoms with Crippen LogP contribution < -0.4 is 16.4 Å². The highest BCUT2D eigenvalue weighted by molar-refractivity contribution is 5.83. The summed E-state index contributed by atoms with van der Waals surface area (Å²) < 4.78 is 0. The van der Waals surface area contributed by atoms with Gasteiger partial charge in [-0.05, 0) is 27.4 Å². The summed E-state index contributed by atoms with van der Waals surface area (Å²) in [4.78, 5) is 35.0. The van der Waals surface area contributed by atoms with Crippen LogP contribution in [-0.2, 0) is 9.59 Å². The predicted molar refractivity (Wildman–Crippen MR) is 69.5 cm³/mol. The van der Waals surface area contributed by atoms with Crippen LogP contribution in [0.4, 0.5) is 4.79 Å². The molecular weight excluding hydrogens is 252 g/mol. The van der Waals surface area contributed by atoms with Crippen LogP contribution in [0.3, 0.4) is 0 Å². The first-order chi connectivity index (χ1) is 8.72. The van der Waals surface area contributed by atoms with E-state index in [1.54, 1.807) is 6.92 Å². The van der Waals surface area contributed by atoms with Crippen molar-refractivity contribution in [3.05, 3.63) is 0 Å². The zero-order chi connectivity index (χ0) is 15.0. The Morgan fingerprint density at radius 2 is 1.84 bits per heavy atom. The summed E-state index contributed by atoms with van der Waals surface area (Å²) in [6, 6.07) is -1.83. The molecular formula is C11H22N4O4. The number of carboxylic acids is 1. The van der Waals surface area contributed by atoms with Crippen LogP contribution in [0.5, 0.6) is 0 Å². The number of carbonyl (C=O) groups is 3. The number of hydrogen-bond donors (Lipinski definition) is 4. The van der Waals surface area contributed by atoms with E-state index in [0.717, 1.165) is 0 Å². The maximum atomic E-state index is 11.6. The molecule has 8 nitrogen and oxygen atoms in total. The number of amides is 3. The fourth-order valence-corrected chi connectivity index (χ4v) is 1.56. The minimum atomic E-state index is -1.20. The van der Waals surface area contributed by atoms with Gasteiger partial charge in [0.1, 0.15) is 6.04 Å². The van der Waals surface area contributed by atoms with Crippen molar-refractivity contribution >= 4 is 17.9 Å². The number of nitrogens with two attached hydrogens (primary N) is 1. The molecule has 0 spiro atoms. The lowest BCUT2D eigenvalue weighted by molar-refractivity contribution is -0.139. The van der Waals surface area contributed by atoms with Crippen LogP contribution >= 0.6 is 0 Å². The Hall–Kier alpha value is -1.83. The zero-order valence-electron chi connectivity index (χ0n) is 11.5. The highest BCUT2D eigenvalue weighted by Gasteiger charge is 2.21. The largest absolute Gasteiger partial charge is 0.480 e. The van der Waals surface area contributed by atoms with Crippen molar-refractivity contribution in [2.45, 2.75) is 31.8 Å². The van der Waals surface area contributed by atoms with E-state index < -0.39 is 23.9 Å². The maximum Gasteiger partial charge on any atom is 0.326 e. The van der Waals surface area contributed by atoms with Gasteiger partial charge >= 0.3 is 12.0 Å². The van der Waals surface area contributed by atoms with E-state index in [2.05, 4.69) is 10.6 Å². The van der Waals surface area contributed by atoms with Crippen molar-refractivity contribution < 1.29 is 19.5 Å². The second kappa shape index (κ2) is 8.30. The Morgan fingerprint density at radius 1 is 1.26 bits per heavy atom. The lowest BCUT2D eigenvalue weighted by Gasteiger charge is -2.20. The van der Waals surface area contributed by atoms with Crippen LogP contribution in [0.15, 0.2) is 0 Å². The highest BCUT2D eigenvalue weighted by Crippen LogP contribution is 1.97. The zero-order valence-corrected chi connectivity index (χ0v) is 11.5. The summed E-state index contributed by atoms with van der Waals surface area (Å²) in [7, 11) is 3.73. The summed E-state index contributed by atoms with van der Waals surface area (Å²) in [5.74, 6) is -1.80. The van der Waals surface area contributed by atoms with Crippen LogP contribution in [-0.4, -0.2) is 60.6 Å². The van der Waals surface area contributed by atoms with E-state index in [-0.39, 0.29) is 18.9 Å². The Labute approximate surface area is 112 Å². The number of nitrogens with zero attached hydrogens (tertiary/aromatic N) is 1. The first-order valence-electron chi connectivity index (χ1n) is 5.95. The van der Waals surface area contributed by atoms with Gasteiger partial charge in [-0.25, -0.2) is 9.59 Å². The number of urea groups is 1. The van der Waals surface area contributed by atoms with Gasteiger partial charge in [-0.1, -0.05) is 0 Å². The Balaban J connectivity index is 4.23. The van der Waals surface area contributed by atoms with E-state index in [9.17, 15) is 14.4 Å². The van der Waals surface area contributed by atoms with Gasteiger partial charge in [0.2, 0.25) is 5.91 Å². The minimum absolute atomic E-state index is 0.0276. The minimum Gasteiger partial charge on any atom is -0.480 e. The van der Waals surface area contributed by atoms with E-state index in [1.165, 1.54) is 0 Å². The number of hydrogen-bond acceptors (Lipinski definition) is 4. The van der Waals surface area contributed by atoms with Gasteiger partial charge < -0.3 is 26.4 Å². The Kier molecular flexibility index (Phi) is 7.50. The molecule has 0 rings (SSSR count). The van der Waals surface area contributed by atoms with E-state index in [4.69, 9.17) is 10.8 Å². The number of carboxylic acid groups (broad SMARTS) is 1. The summed E-state index contributed by atoms with van der Waals surface area (Å²) in [6.45, 7) is 2.44. The van der Waals surface area contributed by atoms with Gasteiger partial charge in [-0.3, -0.25) is 4.79 Å². The maximum absolute atomic E-state index is 11.6. The van der Waals surface area contributed by atoms with Gasteiger partial charge in [-0.2, -0.15) is 0 Å². The molecule has 0 aromatic carbocycles. The number of likely N-dealkylation sites (N-methyl/N-ethyl adjacent to an activating group) is 1. The third kappa shape index (κ3) is 8.83. The number of primary amides is 1. The fourth-order valence-electron chi connectivity index (χ4n) is 1.56. The fraction of sp³-hybridized carbons (Fsp3) is 0.727. The normalized spacial score (nSPS) is 13.7. The molecule has 8 heteroatoms. The van der Waals surface area contributed by atoms with Crippen LogP contribution in [0.2, 0.25) is 0 Å². The molecule has 0 saturated carbocycles. The number of rotatable bonds is 8. The van der Waals surface area contributed by atoms with Gasteiger partial charge in [0.25, 0.3) is 0 Å². The SMILES string of the molecule is CC(CN(C)C)NC(=O)N[C@H](CCC(N)=O)C(=O)O. The van der Waals surface area contributed by atoms with E-state index >= 15 is 0 Å². The molecule has 3 amide bonds. The van der Waals surface area contributed by atoms with Crippen LogP contribution in [0.25, 0.3) is 0 Å². The molecule has 2 atom stereocenters. The first kappa shape index (κ1) is 17.2. The molecule has 0 radical (unpaired) electrons. The van der Waals surface area contributed by atoms with Crippen molar-refractivity contribution in [2.75, 3.05) is 20.6 Å². The molecule has 0 heterocycles. The molecule has 0 saturated heterocycles. The first-order valence-corrected chi connectivity index (χ1v) is 5.95. The van der Waals surface area contributed by atoms with Gasteiger partial charge in [0, 0.05) is 19.0 Å². The van der Waals surface area contributed by atoms with Crippen molar-refractivity contribution in [3.63, 3.8) is 0 Å². The molecule has 0 fully saturated rings. The van der Waals surface area contributed by atoms with Crippen molar-refractivity contribution in [1.29, 1.82) is 0 Å². The average Bonchev–Trinajstić information content (AvgIpc) is 2.21. The van der Waals surface area contributed by atoms with E-state index in [1.807, 2.05) is 19.0 Å². The number of carbonyl (C=O) groups excluding carboxylic acids is 2. The van der Waals surface area contributed by atoms with Crippen molar-refractivity contribution in [1.82, 2.24) is 15.5 Å². The monoisotopic (exact) mass is 274 g/mol. The number of aliphatic carboxylic acids is 1. The molecule has 0 aliphatic carbocycles. The molecule has 0 aliphatic heterocycles. The molecule has 5 N–H and O–H groups in total. The average molecular weight is 274 g/mol. The molecule has 110 valence electrons. The topological polar surface area (TPSA) is 125 Å². The summed E-state index contributed by atoms with van der Waals surface area (Å²) in [5.41, 5.74) is 4.94. The Bertz CT molecular complexity index is 333. The molecule has 0 aromatic rings. The highest BCUT2D eigenvalue weighted by atomic mass is 16.4. The quantitative estimate of drug-likeness (QED) is 0.449. The molecule has 0 aliphatic rings. The van der Waals surface area contributed by atoms with Crippen LogP contribution in [0.1, 0.15) is 19.8 Å². The van der Waals surface area contributed by atoms with Crippen LogP contribution in [0, 0.1) is 0 Å². The summed E-state index contributed by atoms with van der Waals surface area (Å²) in [5, 5.41) is 13.8. The lowest BCUT2D eigenvalue weighted by Crippen LogP contribution is -2.50. The molecule has 0 bridgehead atoms. The Morgan fingerprint density at radius 3 is 2.26 bits per heavy atom. The summed E-state index contributed by atoms with van der Waals surface area (Å²) >= 11 is 0. The van der Waals surface area contributed by atoms with Gasteiger partial charge in [-0.15, -0.1) is 0 Å². The molecule has 19 heavy (non-hydrogen) atoms.